The van der Waals surface area contributed by atoms with Crippen molar-refractivity contribution in [3.05, 3.63) is 58.9 Å². The fourth-order valence-electron chi connectivity index (χ4n) is 1.30. The number of nitrogens with zero attached hydrogens (tertiary/aromatic N) is 2. The van der Waals surface area contributed by atoms with Gasteiger partial charge < -0.3 is 0 Å². The first-order chi connectivity index (χ1) is 9.05. The van der Waals surface area contributed by atoms with Gasteiger partial charge in [-0.1, -0.05) is 41.9 Å². The number of benzene rings is 1. The summed E-state index contributed by atoms with van der Waals surface area (Å²) in [6.45, 7) is 0. The molecule has 19 heavy (non-hydrogen) atoms. The van der Waals surface area contributed by atoms with Crippen LogP contribution >= 0.6 is 11.6 Å². The Morgan fingerprint density at radius 1 is 1.16 bits per heavy atom. The average Bonchev–Trinajstić information content (AvgIpc) is 2.37. The topological polar surface area (TPSA) is 72.0 Å². The Hall–Kier alpha value is -1.92. The van der Waals surface area contributed by atoms with Gasteiger partial charge in [-0.25, -0.2) is 13.4 Å². The first-order valence-corrected chi connectivity index (χ1v) is 7.21. The quantitative estimate of drug-likeness (QED) is 0.941. The van der Waals surface area contributed by atoms with E-state index < -0.39 is 10.0 Å². The number of sulfonamides is 1. The smallest absolute Gasteiger partial charge is 0.256 e. The second-order valence-corrected chi connectivity index (χ2v) is 5.54. The van der Waals surface area contributed by atoms with Gasteiger partial charge in [-0.2, -0.15) is 0 Å². The standard InChI is InChI=1S/C12H10ClN3O2S/c13-11-8-14-9-12(15-11)16-19(17,18)7-6-10-4-2-1-3-5-10/h1-9H,(H,15,16)/b7-6+. The van der Waals surface area contributed by atoms with Gasteiger partial charge in [0.2, 0.25) is 0 Å². The highest BCUT2D eigenvalue weighted by Crippen LogP contribution is 2.10. The van der Waals surface area contributed by atoms with Crippen LogP contribution in [0.4, 0.5) is 5.82 Å². The second-order valence-electron chi connectivity index (χ2n) is 3.59. The van der Waals surface area contributed by atoms with Crippen LogP contribution in [0.1, 0.15) is 5.56 Å². The zero-order valence-corrected chi connectivity index (χ0v) is 11.3. The van der Waals surface area contributed by atoms with Crippen molar-refractivity contribution in [3.8, 4) is 0 Å². The molecule has 0 radical (unpaired) electrons. The van der Waals surface area contributed by atoms with Crippen LogP contribution in [-0.4, -0.2) is 18.4 Å². The largest absolute Gasteiger partial charge is 0.263 e. The molecule has 1 N–H and O–H groups in total. The Morgan fingerprint density at radius 3 is 2.58 bits per heavy atom. The summed E-state index contributed by atoms with van der Waals surface area (Å²) in [6, 6.07) is 9.09. The fourth-order valence-corrected chi connectivity index (χ4v) is 2.24. The van der Waals surface area contributed by atoms with Crippen molar-refractivity contribution < 1.29 is 8.42 Å². The van der Waals surface area contributed by atoms with Crippen molar-refractivity contribution in [1.82, 2.24) is 9.97 Å². The third kappa shape index (κ3) is 4.35. The number of hydrogen-bond acceptors (Lipinski definition) is 4. The van der Waals surface area contributed by atoms with Crippen molar-refractivity contribution in [2.75, 3.05) is 4.72 Å². The van der Waals surface area contributed by atoms with Crippen molar-refractivity contribution in [2.45, 2.75) is 0 Å². The molecule has 1 aromatic carbocycles. The van der Waals surface area contributed by atoms with Gasteiger partial charge in [-0.05, 0) is 11.6 Å². The van der Waals surface area contributed by atoms with Gasteiger partial charge in [-0.15, -0.1) is 0 Å². The summed E-state index contributed by atoms with van der Waals surface area (Å²) in [6.07, 6.45) is 4.08. The van der Waals surface area contributed by atoms with E-state index in [4.69, 9.17) is 11.6 Å². The molecule has 0 unspecified atom stereocenters. The lowest BCUT2D eigenvalue weighted by Crippen LogP contribution is -2.10. The van der Waals surface area contributed by atoms with Crippen LogP contribution in [-0.2, 0) is 10.0 Å². The van der Waals surface area contributed by atoms with Crippen molar-refractivity contribution in [1.29, 1.82) is 0 Å². The summed E-state index contributed by atoms with van der Waals surface area (Å²) in [5.74, 6) is 0.0743. The van der Waals surface area contributed by atoms with Crippen LogP contribution in [0.25, 0.3) is 6.08 Å². The Kier molecular flexibility index (Phi) is 4.13. The molecule has 0 fully saturated rings. The normalized spacial score (nSPS) is 11.6. The highest BCUT2D eigenvalue weighted by molar-refractivity contribution is 7.95. The van der Waals surface area contributed by atoms with Crippen LogP contribution in [0.2, 0.25) is 5.15 Å². The van der Waals surface area contributed by atoms with Crippen LogP contribution in [0.5, 0.6) is 0 Å². The summed E-state index contributed by atoms with van der Waals surface area (Å²) < 4.78 is 25.8. The molecule has 0 spiro atoms. The third-order valence-electron chi connectivity index (χ3n) is 2.09. The Morgan fingerprint density at radius 2 is 1.89 bits per heavy atom. The number of hydrogen-bond donors (Lipinski definition) is 1. The van der Waals surface area contributed by atoms with Crippen LogP contribution < -0.4 is 4.72 Å². The lowest BCUT2D eigenvalue weighted by atomic mass is 10.2. The maximum Gasteiger partial charge on any atom is 0.256 e. The molecular formula is C12H10ClN3O2S. The maximum atomic E-state index is 11.8. The maximum absolute atomic E-state index is 11.8. The van der Waals surface area contributed by atoms with E-state index in [0.717, 1.165) is 11.0 Å². The van der Waals surface area contributed by atoms with Crippen molar-refractivity contribution in [3.63, 3.8) is 0 Å². The average molecular weight is 296 g/mol. The Balaban J connectivity index is 2.13. The van der Waals surface area contributed by atoms with Gasteiger partial charge >= 0.3 is 0 Å². The third-order valence-corrected chi connectivity index (χ3v) is 3.26. The number of anilines is 1. The highest BCUT2D eigenvalue weighted by atomic mass is 35.5. The summed E-state index contributed by atoms with van der Waals surface area (Å²) in [4.78, 5) is 7.53. The number of aromatic nitrogens is 2. The van der Waals surface area contributed by atoms with E-state index >= 15 is 0 Å². The van der Waals surface area contributed by atoms with E-state index in [2.05, 4.69) is 14.7 Å². The van der Waals surface area contributed by atoms with E-state index in [1.807, 2.05) is 18.2 Å². The van der Waals surface area contributed by atoms with E-state index in [1.165, 1.54) is 18.5 Å². The first-order valence-electron chi connectivity index (χ1n) is 5.29. The van der Waals surface area contributed by atoms with Crippen LogP contribution in [0, 0.1) is 0 Å². The van der Waals surface area contributed by atoms with E-state index in [9.17, 15) is 8.42 Å². The molecule has 7 heteroatoms. The highest BCUT2D eigenvalue weighted by Gasteiger charge is 2.07. The molecule has 0 saturated carbocycles. The molecule has 98 valence electrons. The van der Waals surface area contributed by atoms with E-state index in [-0.39, 0.29) is 11.0 Å². The monoisotopic (exact) mass is 295 g/mol. The van der Waals surface area contributed by atoms with Crippen molar-refractivity contribution in [2.24, 2.45) is 0 Å². The molecule has 0 bridgehead atoms. The predicted molar refractivity (Wildman–Crippen MR) is 75.1 cm³/mol. The van der Waals surface area contributed by atoms with Crippen molar-refractivity contribution >= 4 is 33.5 Å². The summed E-state index contributed by atoms with van der Waals surface area (Å²) in [7, 11) is -3.64. The molecule has 1 aromatic heterocycles. The van der Waals surface area contributed by atoms with E-state index in [0.29, 0.717) is 0 Å². The lowest BCUT2D eigenvalue weighted by molar-refractivity contribution is 0.609. The van der Waals surface area contributed by atoms with Gasteiger partial charge in [0.25, 0.3) is 10.0 Å². The lowest BCUT2D eigenvalue weighted by Gasteiger charge is -2.02. The molecule has 0 aliphatic heterocycles. The zero-order chi connectivity index (χ0) is 13.7. The van der Waals surface area contributed by atoms with Gasteiger partial charge in [0.15, 0.2) is 5.82 Å². The van der Waals surface area contributed by atoms with Gasteiger partial charge in [0, 0.05) is 0 Å². The minimum atomic E-state index is -3.64. The summed E-state index contributed by atoms with van der Waals surface area (Å²) in [5.41, 5.74) is 0.782. The number of rotatable bonds is 4. The van der Waals surface area contributed by atoms with Gasteiger partial charge in [0.1, 0.15) is 5.15 Å². The molecule has 0 atom stereocenters. The molecule has 2 rings (SSSR count). The molecule has 0 aliphatic carbocycles. The number of nitrogens with one attached hydrogen (secondary N) is 1. The second kappa shape index (κ2) is 5.81. The molecular weight excluding hydrogens is 286 g/mol. The van der Waals surface area contributed by atoms with E-state index in [1.54, 1.807) is 12.1 Å². The molecule has 5 nitrogen and oxygen atoms in total. The summed E-state index contributed by atoms with van der Waals surface area (Å²) >= 11 is 5.62. The minimum absolute atomic E-state index is 0.0743. The fraction of sp³-hybridized carbons (Fsp3) is 0. The Labute approximate surface area is 116 Å². The summed E-state index contributed by atoms with van der Waals surface area (Å²) in [5, 5.41) is 1.18. The van der Waals surface area contributed by atoms with Gasteiger partial charge in [0.05, 0.1) is 17.8 Å². The molecule has 1 heterocycles. The predicted octanol–water partition coefficient (Wildman–Crippen LogP) is 2.54. The number of halogens is 1. The van der Waals surface area contributed by atoms with Crippen LogP contribution in [0.15, 0.2) is 48.1 Å². The van der Waals surface area contributed by atoms with Gasteiger partial charge in [-0.3, -0.25) is 9.71 Å². The molecule has 2 aromatic rings. The molecule has 0 amide bonds. The zero-order valence-electron chi connectivity index (χ0n) is 9.69. The Bertz CT molecular complexity index is 687. The molecule has 0 aliphatic rings. The SMILES string of the molecule is O=S(=O)(/C=C/c1ccccc1)Nc1cncc(Cl)n1. The molecule has 0 saturated heterocycles. The first kappa shape index (κ1) is 13.5. The van der Waals surface area contributed by atoms with Crippen LogP contribution in [0.3, 0.4) is 0 Å². The minimum Gasteiger partial charge on any atom is -0.263 e.